The molecule has 2 aromatic carbocycles. The largest absolute Gasteiger partial charge is 0.376 e. The van der Waals surface area contributed by atoms with Crippen LogP contribution in [0, 0.1) is 0 Å². The van der Waals surface area contributed by atoms with Gasteiger partial charge in [-0.3, -0.25) is 14.4 Å². The highest BCUT2D eigenvalue weighted by molar-refractivity contribution is 5.98. The predicted octanol–water partition coefficient (Wildman–Crippen LogP) is 3.89. The zero-order chi connectivity index (χ0) is 22.8. The Bertz CT molecular complexity index is 938. The Kier molecular flexibility index (Phi) is 8.66. The summed E-state index contributed by atoms with van der Waals surface area (Å²) in [6.07, 6.45) is 5.20. The van der Waals surface area contributed by atoms with E-state index in [9.17, 15) is 14.4 Å². The molecule has 0 bridgehead atoms. The molecule has 3 rings (SSSR count). The minimum atomic E-state index is -0.231. The highest BCUT2D eigenvalue weighted by Crippen LogP contribution is 2.17. The molecule has 1 heterocycles. The first-order valence-corrected chi connectivity index (χ1v) is 11.4. The smallest absolute Gasteiger partial charge is 0.253 e. The maximum Gasteiger partial charge on any atom is 0.253 e. The van der Waals surface area contributed by atoms with Gasteiger partial charge in [0.15, 0.2) is 0 Å². The minimum absolute atomic E-state index is 0.00736. The van der Waals surface area contributed by atoms with Crippen molar-refractivity contribution in [3.63, 3.8) is 0 Å². The van der Waals surface area contributed by atoms with Crippen LogP contribution >= 0.6 is 0 Å². The minimum Gasteiger partial charge on any atom is -0.376 e. The van der Waals surface area contributed by atoms with Crippen molar-refractivity contribution in [2.24, 2.45) is 0 Å². The van der Waals surface area contributed by atoms with E-state index in [1.165, 1.54) is 6.42 Å². The monoisotopic (exact) mass is 436 g/mol. The van der Waals surface area contributed by atoms with E-state index >= 15 is 0 Å². The van der Waals surface area contributed by atoms with Crippen LogP contribution in [0.5, 0.6) is 0 Å². The van der Waals surface area contributed by atoms with Gasteiger partial charge in [0.1, 0.15) is 0 Å². The van der Waals surface area contributed by atoms with E-state index in [-0.39, 0.29) is 24.3 Å². The van der Waals surface area contributed by atoms with Crippen molar-refractivity contribution in [2.45, 2.75) is 39.0 Å². The quantitative estimate of drug-likeness (QED) is 0.520. The number of piperidine rings is 1. The maximum absolute atomic E-state index is 12.7. The fourth-order valence-corrected chi connectivity index (χ4v) is 3.65. The summed E-state index contributed by atoms with van der Waals surface area (Å²) < 4.78 is 0. The zero-order valence-corrected chi connectivity index (χ0v) is 18.7. The summed E-state index contributed by atoms with van der Waals surface area (Å²) >= 11 is 0. The number of nitrogens with one attached hydrogen (secondary N) is 3. The molecule has 0 unspecified atom stereocenters. The standard InChI is InChI=1S/C25H32N4O3/c1-2-3-13-26-24(31)19-9-7-11-21(16-19)27-18-23(30)28-22-12-8-10-20(17-22)25(32)29-14-5-4-6-15-29/h7-12,16-17,27H,2-6,13-15,18H2,1H3,(H,26,31)(H,28,30). The SMILES string of the molecule is CCCCNC(=O)c1cccc(NCC(=O)Nc2cccc(C(=O)N3CCCCC3)c2)c1. The van der Waals surface area contributed by atoms with Crippen molar-refractivity contribution in [3.05, 3.63) is 59.7 Å². The fraction of sp³-hybridized carbons (Fsp3) is 0.400. The molecule has 2 aromatic rings. The van der Waals surface area contributed by atoms with Gasteiger partial charge in [0.2, 0.25) is 5.91 Å². The summed E-state index contributed by atoms with van der Waals surface area (Å²) in [5, 5.41) is 8.77. The summed E-state index contributed by atoms with van der Waals surface area (Å²) in [7, 11) is 0. The zero-order valence-electron chi connectivity index (χ0n) is 18.7. The van der Waals surface area contributed by atoms with Crippen LogP contribution in [0.15, 0.2) is 48.5 Å². The molecule has 7 nitrogen and oxygen atoms in total. The van der Waals surface area contributed by atoms with Crippen LogP contribution in [0.1, 0.15) is 59.7 Å². The molecule has 170 valence electrons. The Labute approximate surface area is 189 Å². The summed E-state index contributed by atoms with van der Waals surface area (Å²) in [5.74, 6) is -0.347. The van der Waals surface area contributed by atoms with Crippen LogP contribution in [0.4, 0.5) is 11.4 Å². The van der Waals surface area contributed by atoms with E-state index in [0.717, 1.165) is 38.8 Å². The number of carbonyl (C=O) groups excluding carboxylic acids is 3. The van der Waals surface area contributed by atoms with E-state index in [4.69, 9.17) is 0 Å². The Hall–Kier alpha value is -3.35. The molecule has 3 amide bonds. The Morgan fingerprint density at radius 1 is 0.906 bits per heavy atom. The molecule has 7 heteroatoms. The van der Waals surface area contributed by atoms with Crippen LogP contribution < -0.4 is 16.0 Å². The Balaban J connectivity index is 1.52. The van der Waals surface area contributed by atoms with Crippen LogP contribution in [0.3, 0.4) is 0 Å². The van der Waals surface area contributed by atoms with Crippen molar-refractivity contribution >= 4 is 29.1 Å². The number of anilines is 2. The lowest BCUT2D eigenvalue weighted by Crippen LogP contribution is -2.35. The lowest BCUT2D eigenvalue weighted by atomic mass is 10.1. The lowest BCUT2D eigenvalue weighted by Gasteiger charge is -2.26. The average molecular weight is 437 g/mol. The predicted molar refractivity (Wildman–Crippen MR) is 127 cm³/mol. The first kappa shape index (κ1) is 23.3. The summed E-state index contributed by atoms with van der Waals surface area (Å²) in [6.45, 7) is 4.34. The van der Waals surface area contributed by atoms with Crippen molar-refractivity contribution in [1.29, 1.82) is 0 Å². The van der Waals surface area contributed by atoms with Crippen molar-refractivity contribution < 1.29 is 14.4 Å². The van der Waals surface area contributed by atoms with Gasteiger partial charge in [-0.1, -0.05) is 25.5 Å². The molecule has 0 saturated carbocycles. The highest BCUT2D eigenvalue weighted by atomic mass is 16.2. The van der Waals surface area contributed by atoms with E-state index in [1.807, 2.05) is 11.0 Å². The molecule has 32 heavy (non-hydrogen) atoms. The number of benzene rings is 2. The van der Waals surface area contributed by atoms with Crippen LogP contribution in [0.2, 0.25) is 0 Å². The van der Waals surface area contributed by atoms with Gasteiger partial charge in [-0.15, -0.1) is 0 Å². The fourth-order valence-electron chi connectivity index (χ4n) is 3.65. The third-order valence-corrected chi connectivity index (χ3v) is 5.43. The first-order valence-electron chi connectivity index (χ1n) is 11.4. The normalized spacial score (nSPS) is 13.3. The molecule has 1 aliphatic rings. The highest BCUT2D eigenvalue weighted by Gasteiger charge is 2.18. The molecule has 1 saturated heterocycles. The number of carbonyl (C=O) groups is 3. The van der Waals surface area contributed by atoms with Gasteiger partial charge in [-0.05, 0) is 62.1 Å². The number of hydrogen-bond acceptors (Lipinski definition) is 4. The molecule has 1 aliphatic heterocycles. The molecule has 0 aromatic heterocycles. The first-order chi connectivity index (χ1) is 15.6. The maximum atomic E-state index is 12.7. The van der Waals surface area contributed by atoms with Crippen LogP contribution in [0.25, 0.3) is 0 Å². The summed E-state index contributed by atoms with van der Waals surface area (Å²) in [5.41, 5.74) is 2.41. The Morgan fingerprint density at radius 3 is 2.34 bits per heavy atom. The molecule has 0 spiro atoms. The third-order valence-electron chi connectivity index (χ3n) is 5.43. The lowest BCUT2D eigenvalue weighted by molar-refractivity contribution is -0.114. The molecule has 1 fully saturated rings. The number of nitrogens with zero attached hydrogens (tertiary/aromatic N) is 1. The Morgan fingerprint density at radius 2 is 1.59 bits per heavy atom. The second-order valence-corrected chi connectivity index (χ2v) is 8.03. The van der Waals surface area contributed by atoms with Gasteiger partial charge in [-0.25, -0.2) is 0 Å². The second kappa shape index (κ2) is 11.9. The van der Waals surface area contributed by atoms with Crippen molar-refractivity contribution in [3.8, 4) is 0 Å². The number of likely N-dealkylation sites (tertiary alicyclic amines) is 1. The topological polar surface area (TPSA) is 90.5 Å². The van der Waals surface area contributed by atoms with Crippen molar-refractivity contribution in [1.82, 2.24) is 10.2 Å². The van der Waals surface area contributed by atoms with Gasteiger partial charge in [0.25, 0.3) is 11.8 Å². The molecule has 3 N–H and O–H groups in total. The van der Waals surface area contributed by atoms with Gasteiger partial charge < -0.3 is 20.9 Å². The number of amides is 3. The molecule has 0 atom stereocenters. The average Bonchev–Trinajstić information content (AvgIpc) is 2.83. The summed E-state index contributed by atoms with van der Waals surface area (Å²) in [4.78, 5) is 39.2. The van der Waals surface area contributed by atoms with E-state index in [2.05, 4.69) is 22.9 Å². The van der Waals surface area contributed by atoms with Crippen LogP contribution in [-0.4, -0.2) is 48.8 Å². The van der Waals surface area contributed by atoms with Crippen LogP contribution in [-0.2, 0) is 4.79 Å². The van der Waals surface area contributed by atoms with E-state index in [1.54, 1.807) is 42.5 Å². The van der Waals surface area contributed by atoms with Gasteiger partial charge in [0, 0.05) is 42.1 Å². The van der Waals surface area contributed by atoms with E-state index in [0.29, 0.717) is 29.0 Å². The van der Waals surface area contributed by atoms with Gasteiger partial charge in [-0.2, -0.15) is 0 Å². The molecule has 0 radical (unpaired) electrons. The van der Waals surface area contributed by atoms with Gasteiger partial charge >= 0.3 is 0 Å². The second-order valence-electron chi connectivity index (χ2n) is 8.03. The van der Waals surface area contributed by atoms with Crippen molar-refractivity contribution in [2.75, 3.05) is 36.8 Å². The summed E-state index contributed by atoms with van der Waals surface area (Å²) in [6, 6.07) is 14.1. The molecular weight excluding hydrogens is 404 g/mol. The van der Waals surface area contributed by atoms with E-state index < -0.39 is 0 Å². The number of rotatable bonds is 9. The molecule has 0 aliphatic carbocycles. The number of unbranched alkanes of at least 4 members (excludes halogenated alkanes) is 1. The van der Waals surface area contributed by atoms with Gasteiger partial charge in [0.05, 0.1) is 6.54 Å². The third kappa shape index (κ3) is 6.83. The molecular formula is C25H32N4O3. The number of hydrogen-bond donors (Lipinski definition) is 3.